The van der Waals surface area contributed by atoms with Gasteiger partial charge in [-0.15, -0.1) is 0 Å². The Hall–Kier alpha value is -2.39. The molecule has 9 heteroatoms. The standard InChI is InChI=1S/C19H26N4O4S/c1-13-5-6-17(11-14(13)2)27-12-18(24)22-7-9-23(10-8-22)28(25,26)19-15(3)20-21-16(19)4/h5-6,11H,7-10,12H2,1-4H3,(H,20,21). The van der Waals surface area contributed by atoms with Crippen LogP contribution in [0.5, 0.6) is 5.75 Å². The molecule has 28 heavy (non-hydrogen) atoms. The first-order chi connectivity index (χ1) is 13.2. The van der Waals surface area contributed by atoms with E-state index in [1.165, 1.54) is 9.87 Å². The number of H-pyrrole nitrogens is 1. The molecule has 0 radical (unpaired) electrons. The van der Waals surface area contributed by atoms with Crippen LogP contribution in [0, 0.1) is 27.7 Å². The predicted octanol–water partition coefficient (Wildman–Crippen LogP) is 1.56. The van der Waals surface area contributed by atoms with Gasteiger partial charge in [0.05, 0.1) is 11.4 Å². The number of nitrogens with zero attached hydrogens (tertiary/aromatic N) is 3. The number of nitrogens with one attached hydrogen (secondary N) is 1. The number of sulfonamides is 1. The third kappa shape index (κ3) is 4.05. The molecule has 8 nitrogen and oxygen atoms in total. The van der Waals surface area contributed by atoms with Gasteiger partial charge in [-0.3, -0.25) is 9.89 Å². The highest BCUT2D eigenvalue weighted by atomic mass is 32.2. The van der Waals surface area contributed by atoms with Crippen LogP contribution in [0.1, 0.15) is 22.5 Å². The molecule has 2 aromatic rings. The van der Waals surface area contributed by atoms with E-state index in [1.807, 2.05) is 32.0 Å². The zero-order valence-electron chi connectivity index (χ0n) is 16.7. The van der Waals surface area contributed by atoms with E-state index in [1.54, 1.807) is 18.7 Å². The summed E-state index contributed by atoms with van der Waals surface area (Å²) in [6, 6.07) is 5.71. The zero-order chi connectivity index (χ0) is 20.5. The predicted molar refractivity (Wildman–Crippen MR) is 105 cm³/mol. The van der Waals surface area contributed by atoms with Gasteiger partial charge in [0.15, 0.2) is 6.61 Å². The van der Waals surface area contributed by atoms with Gasteiger partial charge >= 0.3 is 0 Å². The molecular weight excluding hydrogens is 380 g/mol. The number of carbonyl (C=O) groups is 1. The fraction of sp³-hybridized carbons (Fsp3) is 0.474. The van der Waals surface area contributed by atoms with E-state index >= 15 is 0 Å². The van der Waals surface area contributed by atoms with Gasteiger partial charge in [-0.2, -0.15) is 9.40 Å². The van der Waals surface area contributed by atoms with Gasteiger partial charge < -0.3 is 9.64 Å². The van der Waals surface area contributed by atoms with Gasteiger partial charge in [0.25, 0.3) is 5.91 Å². The van der Waals surface area contributed by atoms with E-state index in [9.17, 15) is 13.2 Å². The molecule has 1 saturated heterocycles. The lowest BCUT2D eigenvalue weighted by Gasteiger charge is -2.34. The Morgan fingerprint density at radius 3 is 2.36 bits per heavy atom. The smallest absolute Gasteiger partial charge is 0.260 e. The average molecular weight is 407 g/mol. The minimum atomic E-state index is -3.62. The number of piperazine rings is 1. The summed E-state index contributed by atoms with van der Waals surface area (Å²) in [5.74, 6) is 0.509. The molecule has 1 aliphatic rings. The highest BCUT2D eigenvalue weighted by Gasteiger charge is 2.33. The Morgan fingerprint density at radius 1 is 1.11 bits per heavy atom. The quantitative estimate of drug-likeness (QED) is 0.813. The molecule has 1 aromatic carbocycles. The van der Waals surface area contributed by atoms with Crippen LogP contribution in [0.4, 0.5) is 0 Å². The monoisotopic (exact) mass is 406 g/mol. The number of aromatic nitrogens is 2. The molecule has 0 saturated carbocycles. The summed E-state index contributed by atoms with van der Waals surface area (Å²) in [5, 5.41) is 6.69. The summed E-state index contributed by atoms with van der Waals surface area (Å²) in [6.45, 7) is 8.49. The molecule has 0 atom stereocenters. The van der Waals surface area contributed by atoms with Crippen molar-refractivity contribution >= 4 is 15.9 Å². The Kier molecular flexibility index (Phi) is 5.76. The van der Waals surface area contributed by atoms with Gasteiger partial charge in [-0.1, -0.05) is 6.07 Å². The molecule has 3 rings (SSSR count). The molecule has 1 amide bonds. The molecule has 1 fully saturated rings. The lowest BCUT2D eigenvalue weighted by molar-refractivity contribution is -0.134. The summed E-state index contributed by atoms with van der Waals surface area (Å²) in [5.41, 5.74) is 3.25. The first kappa shape index (κ1) is 20.3. The molecular formula is C19H26N4O4S. The third-order valence-corrected chi connectivity index (χ3v) is 7.25. The Bertz CT molecular complexity index is 956. The van der Waals surface area contributed by atoms with Crippen LogP contribution in [0.25, 0.3) is 0 Å². The van der Waals surface area contributed by atoms with E-state index in [4.69, 9.17) is 4.74 Å². The van der Waals surface area contributed by atoms with Crippen LogP contribution in [-0.4, -0.2) is 66.5 Å². The van der Waals surface area contributed by atoms with Gasteiger partial charge in [0, 0.05) is 26.2 Å². The van der Waals surface area contributed by atoms with Crippen molar-refractivity contribution in [3.8, 4) is 5.75 Å². The van der Waals surface area contributed by atoms with Crippen LogP contribution in [0.2, 0.25) is 0 Å². The van der Waals surface area contributed by atoms with E-state index in [0.29, 0.717) is 30.2 Å². The zero-order valence-corrected chi connectivity index (χ0v) is 17.5. The van der Waals surface area contributed by atoms with E-state index in [0.717, 1.165) is 5.56 Å². The third-order valence-electron chi connectivity index (χ3n) is 5.09. The molecule has 152 valence electrons. The SMILES string of the molecule is Cc1ccc(OCC(=O)N2CCN(S(=O)(=O)c3c(C)n[nH]c3C)CC2)cc1C. The number of benzene rings is 1. The van der Waals surface area contributed by atoms with Crippen LogP contribution in [0.3, 0.4) is 0 Å². The summed E-state index contributed by atoms with van der Waals surface area (Å²) >= 11 is 0. The van der Waals surface area contributed by atoms with Crippen LogP contribution >= 0.6 is 0 Å². The van der Waals surface area contributed by atoms with Crippen molar-refractivity contribution in [3.05, 3.63) is 40.7 Å². The normalized spacial score (nSPS) is 15.6. The largest absolute Gasteiger partial charge is 0.484 e. The number of hydrogen-bond acceptors (Lipinski definition) is 5. The molecule has 0 aliphatic carbocycles. The van der Waals surface area contributed by atoms with Crippen molar-refractivity contribution in [1.82, 2.24) is 19.4 Å². The van der Waals surface area contributed by atoms with Gasteiger partial charge in [0.1, 0.15) is 10.6 Å². The lowest BCUT2D eigenvalue weighted by atomic mass is 10.1. The van der Waals surface area contributed by atoms with Gasteiger partial charge in [-0.25, -0.2) is 8.42 Å². The van der Waals surface area contributed by atoms with E-state index in [-0.39, 0.29) is 30.5 Å². The second-order valence-electron chi connectivity index (χ2n) is 7.08. The Labute approximate surface area is 165 Å². The number of amides is 1. The minimum Gasteiger partial charge on any atom is -0.484 e. The Morgan fingerprint density at radius 2 is 1.79 bits per heavy atom. The van der Waals surface area contributed by atoms with Crippen LogP contribution in [0.15, 0.2) is 23.1 Å². The van der Waals surface area contributed by atoms with E-state index in [2.05, 4.69) is 10.2 Å². The molecule has 1 N–H and O–H groups in total. The highest BCUT2D eigenvalue weighted by molar-refractivity contribution is 7.89. The number of rotatable bonds is 5. The Balaban J connectivity index is 1.57. The fourth-order valence-electron chi connectivity index (χ4n) is 3.27. The first-order valence-corrected chi connectivity index (χ1v) is 10.6. The number of carbonyl (C=O) groups excluding carboxylic acids is 1. The van der Waals surface area contributed by atoms with Gasteiger partial charge in [-0.05, 0) is 51.0 Å². The summed E-state index contributed by atoms with van der Waals surface area (Å²) in [6.07, 6.45) is 0. The first-order valence-electron chi connectivity index (χ1n) is 9.19. The maximum atomic E-state index is 12.9. The van der Waals surface area contributed by atoms with Crippen LogP contribution in [-0.2, 0) is 14.8 Å². The van der Waals surface area contributed by atoms with Crippen molar-refractivity contribution in [2.24, 2.45) is 0 Å². The number of aryl methyl sites for hydroxylation is 4. The van der Waals surface area contributed by atoms with Crippen molar-refractivity contribution in [2.75, 3.05) is 32.8 Å². The maximum Gasteiger partial charge on any atom is 0.260 e. The van der Waals surface area contributed by atoms with E-state index < -0.39 is 10.0 Å². The average Bonchev–Trinajstić information content (AvgIpc) is 3.01. The second-order valence-corrected chi connectivity index (χ2v) is 8.96. The van der Waals surface area contributed by atoms with Crippen molar-refractivity contribution in [1.29, 1.82) is 0 Å². The lowest BCUT2D eigenvalue weighted by Crippen LogP contribution is -2.51. The maximum absolute atomic E-state index is 12.9. The summed E-state index contributed by atoms with van der Waals surface area (Å²) in [4.78, 5) is 14.3. The molecule has 0 spiro atoms. The topological polar surface area (TPSA) is 95.6 Å². The molecule has 0 unspecified atom stereocenters. The van der Waals surface area contributed by atoms with Crippen molar-refractivity contribution in [2.45, 2.75) is 32.6 Å². The molecule has 2 heterocycles. The number of ether oxygens (including phenoxy) is 1. The van der Waals surface area contributed by atoms with Gasteiger partial charge in [0.2, 0.25) is 10.0 Å². The summed E-state index contributed by atoms with van der Waals surface area (Å²) < 4.78 is 32.8. The molecule has 1 aromatic heterocycles. The summed E-state index contributed by atoms with van der Waals surface area (Å²) in [7, 11) is -3.62. The highest BCUT2D eigenvalue weighted by Crippen LogP contribution is 2.23. The molecule has 1 aliphatic heterocycles. The molecule has 0 bridgehead atoms. The second kappa shape index (κ2) is 7.92. The van der Waals surface area contributed by atoms with Crippen molar-refractivity contribution in [3.63, 3.8) is 0 Å². The van der Waals surface area contributed by atoms with Crippen LogP contribution < -0.4 is 4.74 Å². The number of aromatic amines is 1. The fourth-order valence-corrected chi connectivity index (χ4v) is 5.02. The van der Waals surface area contributed by atoms with Crippen molar-refractivity contribution < 1.29 is 17.9 Å². The minimum absolute atomic E-state index is 0.0603. The number of hydrogen-bond donors (Lipinski definition) is 1.